The lowest BCUT2D eigenvalue weighted by atomic mass is 10.1. The van der Waals surface area contributed by atoms with Crippen LogP contribution < -0.4 is 15.4 Å². The summed E-state index contributed by atoms with van der Waals surface area (Å²) < 4.78 is 20.0. The number of para-hydroxylation sites is 1. The molecule has 1 fully saturated rings. The molecule has 9 nitrogen and oxygen atoms in total. The van der Waals surface area contributed by atoms with Gasteiger partial charge >= 0.3 is 0 Å². The lowest BCUT2D eigenvalue weighted by Crippen LogP contribution is -2.36. The quantitative estimate of drug-likeness (QED) is 0.252. The minimum absolute atomic E-state index is 0.0389. The fourth-order valence-corrected chi connectivity index (χ4v) is 5.36. The maximum Gasteiger partial charge on any atom is 0.294 e. The summed E-state index contributed by atoms with van der Waals surface area (Å²) in [6, 6.07) is 17.4. The lowest BCUT2D eigenvalue weighted by molar-refractivity contribution is -0.127. The zero-order valence-corrected chi connectivity index (χ0v) is 23.1. The molecule has 4 aromatic rings. The summed E-state index contributed by atoms with van der Waals surface area (Å²) in [5.74, 6) is -1.47. The molecule has 12 heteroatoms. The number of imide groups is 1. The van der Waals surface area contributed by atoms with Gasteiger partial charge in [-0.1, -0.05) is 29.8 Å². The Morgan fingerprint density at radius 1 is 0.976 bits per heavy atom. The molecule has 1 aliphatic heterocycles. The van der Waals surface area contributed by atoms with Crippen LogP contribution in [-0.2, 0) is 20.9 Å². The summed E-state index contributed by atoms with van der Waals surface area (Å²) in [6.45, 7) is -0.514. The number of rotatable bonds is 8. The number of amides is 4. The van der Waals surface area contributed by atoms with Crippen LogP contribution in [0, 0.1) is 5.82 Å². The Morgan fingerprint density at radius 2 is 1.66 bits per heavy atom. The van der Waals surface area contributed by atoms with Crippen LogP contribution in [0.2, 0.25) is 5.02 Å². The van der Waals surface area contributed by atoms with Crippen molar-refractivity contribution in [3.63, 3.8) is 0 Å². The van der Waals surface area contributed by atoms with Gasteiger partial charge in [0.25, 0.3) is 11.1 Å². The number of anilines is 2. The number of carbonyl (C=O) groups is 4. The molecule has 208 valence electrons. The first-order valence-electron chi connectivity index (χ1n) is 12.2. The minimum atomic E-state index is -0.603. The predicted molar refractivity (Wildman–Crippen MR) is 156 cm³/mol. The summed E-state index contributed by atoms with van der Waals surface area (Å²) in [4.78, 5) is 52.0. The van der Waals surface area contributed by atoms with Gasteiger partial charge in [0.15, 0.2) is 0 Å². The molecule has 0 atom stereocenters. The van der Waals surface area contributed by atoms with Crippen LogP contribution in [-0.4, -0.2) is 46.1 Å². The Morgan fingerprint density at radius 3 is 2.39 bits per heavy atom. The summed E-state index contributed by atoms with van der Waals surface area (Å²) in [7, 11) is 1.47. The van der Waals surface area contributed by atoms with Crippen LogP contribution in [0.25, 0.3) is 17.0 Å². The number of halogens is 2. The van der Waals surface area contributed by atoms with Crippen molar-refractivity contribution in [2.75, 3.05) is 24.3 Å². The molecule has 0 aliphatic carbocycles. The Bertz CT molecular complexity index is 1720. The zero-order valence-electron chi connectivity index (χ0n) is 21.5. The number of aromatic nitrogens is 1. The first-order valence-corrected chi connectivity index (χ1v) is 13.4. The van der Waals surface area contributed by atoms with E-state index >= 15 is 0 Å². The van der Waals surface area contributed by atoms with Crippen molar-refractivity contribution in [1.82, 2.24) is 9.47 Å². The fraction of sp³-hybridized carbons (Fsp3) is 0.103. The fourth-order valence-electron chi connectivity index (χ4n) is 4.28. The molecule has 5 rings (SSSR count). The number of nitrogens with one attached hydrogen (secondary N) is 2. The summed E-state index contributed by atoms with van der Waals surface area (Å²) in [5.41, 5.74) is 2.21. The number of hydrogen-bond acceptors (Lipinski definition) is 6. The van der Waals surface area contributed by atoms with E-state index in [0.717, 1.165) is 27.6 Å². The molecule has 4 amide bonds. The molecule has 1 aliphatic rings. The van der Waals surface area contributed by atoms with Gasteiger partial charge in [-0.2, -0.15) is 0 Å². The van der Waals surface area contributed by atoms with Crippen LogP contribution in [0.3, 0.4) is 0 Å². The monoisotopic (exact) mass is 592 g/mol. The number of carbonyl (C=O) groups excluding carboxylic acids is 4. The van der Waals surface area contributed by atoms with Gasteiger partial charge in [0.1, 0.15) is 24.7 Å². The van der Waals surface area contributed by atoms with Crippen LogP contribution in [0.5, 0.6) is 5.75 Å². The van der Waals surface area contributed by atoms with Gasteiger partial charge in [0, 0.05) is 34.0 Å². The van der Waals surface area contributed by atoms with Crippen LogP contribution in [0.1, 0.15) is 5.56 Å². The SMILES string of the molecule is COc1ccc(NC(=O)CN2C(=O)S/C(=C\c3cn(CC(=O)Nc4ccc(F)cc4)c4ccccc34)C2=O)cc1Cl. The predicted octanol–water partition coefficient (Wildman–Crippen LogP) is 5.76. The van der Waals surface area contributed by atoms with Crippen LogP contribution in [0.15, 0.2) is 77.8 Å². The normalized spacial score (nSPS) is 14.1. The van der Waals surface area contributed by atoms with E-state index in [2.05, 4.69) is 10.6 Å². The van der Waals surface area contributed by atoms with Gasteiger partial charge in [-0.25, -0.2) is 4.39 Å². The number of thioether (sulfide) groups is 1. The number of methoxy groups -OCH3 is 1. The average Bonchev–Trinajstić information content (AvgIpc) is 3.41. The summed E-state index contributed by atoms with van der Waals surface area (Å²) >= 11 is 6.82. The molecule has 0 bridgehead atoms. The molecule has 2 N–H and O–H groups in total. The van der Waals surface area contributed by atoms with E-state index in [4.69, 9.17) is 16.3 Å². The van der Waals surface area contributed by atoms with Crippen molar-refractivity contribution in [2.45, 2.75) is 6.54 Å². The molecule has 0 spiro atoms. The second kappa shape index (κ2) is 11.9. The number of hydrogen-bond donors (Lipinski definition) is 2. The third kappa shape index (κ3) is 6.26. The van der Waals surface area contributed by atoms with Gasteiger partial charge in [-0.3, -0.25) is 24.1 Å². The lowest BCUT2D eigenvalue weighted by Gasteiger charge is -2.13. The van der Waals surface area contributed by atoms with Crippen molar-refractivity contribution in [3.05, 3.63) is 94.2 Å². The molecular formula is C29H22ClFN4O5S. The van der Waals surface area contributed by atoms with Crippen molar-refractivity contribution in [1.29, 1.82) is 0 Å². The summed E-state index contributed by atoms with van der Waals surface area (Å²) in [5, 5.41) is 5.83. The van der Waals surface area contributed by atoms with E-state index in [0.29, 0.717) is 27.7 Å². The molecule has 2 heterocycles. The Hall–Kier alpha value is -4.61. The molecule has 1 aromatic heterocycles. The smallest absolute Gasteiger partial charge is 0.294 e. The topological polar surface area (TPSA) is 110 Å². The molecular weight excluding hydrogens is 571 g/mol. The largest absolute Gasteiger partial charge is 0.495 e. The van der Waals surface area contributed by atoms with Gasteiger partial charge in [-0.15, -0.1) is 0 Å². The standard InChI is InChI=1S/C29H22ClFN4O5S/c1-40-24-11-10-20(13-22(24)30)33-27(37)16-35-28(38)25(41-29(35)39)12-17-14-34(23-5-3-2-4-21(17)23)15-26(36)32-19-8-6-18(31)7-9-19/h2-14H,15-16H2,1H3,(H,32,36)(H,33,37)/b25-12-. The Kier molecular flexibility index (Phi) is 8.09. The Balaban J connectivity index is 1.31. The highest BCUT2D eigenvalue weighted by Gasteiger charge is 2.36. The molecule has 0 radical (unpaired) electrons. The first-order chi connectivity index (χ1) is 19.7. The van der Waals surface area contributed by atoms with Crippen molar-refractivity contribution < 1.29 is 28.3 Å². The number of benzene rings is 3. The maximum atomic E-state index is 13.2. The number of ether oxygens (including phenoxy) is 1. The van der Waals surface area contributed by atoms with Gasteiger partial charge in [0.05, 0.1) is 17.0 Å². The van der Waals surface area contributed by atoms with E-state index < -0.39 is 29.4 Å². The third-order valence-electron chi connectivity index (χ3n) is 6.16. The Labute approximate surface area is 242 Å². The van der Waals surface area contributed by atoms with Gasteiger partial charge < -0.3 is 19.9 Å². The molecule has 41 heavy (non-hydrogen) atoms. The molecule has 0 saturated carbocycles. The molecule has 0 unspecified atom stereocenters. The third-order valence-corrected chi connectivity index (χ3v) is 7.36. The highest BCUT2D eigenvalue weighted by Crippen LogP contribution is 2.34. The van der Waals surface area contributed by atoms with E-state index in [1.165, 1.54) is 37.4 Å². The second-order valence-electron chi connectivity index (χ2n) is 8.95. The van der Waals surface area contributed by atoms with Crippen LogP contribution in [0.4, 0.5) is 20.6 Å². The molecule has 3 aromatic carbocycles. The number of fused-ring (bicyclic) bond motifs is 1. The van der Waals surface area contributed by atoms with Crippen molar-refractivity contribution >= 4 is 74.7 Å². The number of nitrogens with zero attached hydrogens (tertiary/aromatic N) is 2. The van der Waals surface area contributed by atoms with E-state index in [1.54, 1.807) is 29.0 Å². The zero-order chi connectivity index (χ0) is 29.1. The van der Waals surface area contributed by atoms with E-state index in [1.807, 2.05) is 24.3 Å². The highest BCUT2D eigenvalue weighted by atomic mass is 35.5. The van der Waals surface area contributed by atoms with Crippen LogP contribution >= 0.6 is 23.4 Å². The highest BCUT2D eigenvalue weighted by molar-refractivity contribution is 8.18. The average molecular weight is 593 g/mol. The maximum absolute atomic E-state index is 13.2. The van der Waals surface area contributed by atoms with E-state index in [-0.39, 0.29) is 17.4 Å². The van der Waals surface area contributed by atoms with E-state index in [9.17, 15) is 23.6 Å². The molecule has 1 saturated heterocycles. The second-order valence-corrected chi connectivity index (χ2v) is 10.4. The van der Waals surface area contributed by atoms with Crippen molar-refractivity contribution in [2.24, 2.45) is 0 Å². The van der Waals surface area contributed by atoms with Crippen molar-refractivity contribution in [3.8, 4) is 5.75 Å². The minimum Gasteiger partial charge on any atom is -0.495 e. The first kappa shape index (κ1) is 27.9. The summed E-state index contributed by atoms with van der Waals surface area (Å²) in [6.07, 6.45) is 3.28. The van der Waals surface area contributed by atoms with Gasteiger partial charge in [0.2, 0.25) is 11.8 Å². The van der Waals surface area contributed by atoms with Gasteiger partial charge in [-0.05, 0) is 66.4 Å².